The summed E-state index contributed by atoms with van der Waals surface area (Å²) in [7, 11) is 0. The predicted octanol–water partition coefficient (Wildman–Crippen LogP) is 4.06. The first-order valence-corrected chi connectivity index (χ1v) is 8.93. The zero-order chi connectivity index (χ0) is 15.1. The quantitative estimate of drug-likeness (QED) is 0.922. The molecular weight excluding hydrogens is 270 g/mol. The van der Waals surface area contributed by atoms with Gasteiger partial charge in [-0.15, -0.1) is 0 Å². The molecule has 4 rings (SSSR count). The number of hydrogen-bond acceptors (Lipinski definition) is 2. The topological polar surface area (TPSA) is 29.9 Å². The van der Waals surface area contributed by atoms with Crippen LogP contribution in [0.25, 0.3) is 11.0 Å². The van der Waals surface area contributed by atoms with Crippen LogP contribution in [0.1, 0.15) is 61.4 Å². The largest absolute Gasteiger partial charge is 0.328 e. The van der Waals surface area contributed by atoms with E-state index in [1.165, 1.54) is 73.1 Å². The van der Waals surface area contributed by atoms with Gasteiger partial charge in [0.15, 0.2) is 0 Å². The fourth-order valence-corrected chi connectivity index (χ4v) is 3.74. The Morgan fingerprint density at radius 2 is 1.95 bits per heavy atom. The van der Waals surface area contributed by atoms with Crippen LogP contribution in [0, 0.1) is 13.8 Å². The van der Waals surface area contributed by atoms with E-state index in [4.69, 9.17) is 4.98 Å². The van der Waals surface area contributed by atoms with E-state index in [1.807, 2.05) is 0 Å². The van der Waals surface area contributed by atoms with Crippen molar-refractivity contribution in [1.29, 1.82) is 0 Å². The zero-order valence-electron chi connectivity index (χ0n) is 13.9. The smallest absolute Gasteiger partial charge is 0.112 e. The van der Waals surface area contributed by atoms with Gasteiger partial charge in [0, 0.05) is 18.5 Å². The van der Waals surface area contributed by atoms with E-state index in [1.54, 1.807) is 0 Å². The number of aryl methyl sites for hydroxylation is 3. The van der Waals surface area contributed by atoms with E-state index < -0.39 is 0 Å². The van der Waals surface area contributed by atoms with E-state index in [2.05, 4.69) is 35.9 Å². The van der Waals surface area contributed by atoms with E-state index in [0.29, 0.717) is 12.0 Å². The van der Waals surface area contributed by atoms with Crippen LogP contribution >= 0.6 is 0 Å². The predicted molar refractivity (Wildman–Crippen MR) is 91.4 cm³/mol. The molecule has 1 aliphatic heterocycles. The summed E-state index contributed by atoms with van der Waals surface area (Å²) in [5.74, 6) is 2.06. The number of piperidine rings is 1. The van der Waals surface area contributed by atoms with Crippen LogP contribution in [0.4, 0.5) is 0 Å². The molecule has 1 aromatic carbocycles. The fourth-order valence-electron chi connectivity index (χ4n) is 3.74. The van der Waals surface area contributed by atoms with Gasteiger partial charge in [-0.1, -0.05) is 6.42 Å². The van der Waals surface area contributed by atoms with Gasteiger partial charge in [-0.25, -0.2) is 4.98 Å². The summed E-state index contributed by atoms with van der Waals surface area (Å²) in [6.45, 7) is 6.72. The average molecular weight is 297 g/mol. The van der Waals surface area contributed by atoms with Crippen LogP contribution < -0.4 is 5.32 Å². The number of rotatable bonds is 4. The van der Waals surface area contributed by atoms with Crippen LogP contribution in [-0.2, 0) is 6.54 Å². The van der Waals surface area contributed by atoms with Gasteiger partial charge in [-0.05, 0) is 75.8 Å². The summed E-state index contributed by atoms with van der Waals surface area (Å²) in [5.41, 5.74) is 5.28. The van der Waals surface area contributed by atoms with Gasteiger partial charge >= 0.3 is 0 Å². The highest BCUT2D eigenvalue weighted by Gasteiger charge is 2.29. The van der Waals surface area contributed by atoms with Gasteiger partial charge < -0.3 is 9.88 Å². The second-order valence-electron chi connectivity index (χ2n) is 7.26. The Bertz CT molecular complexity index is 676. The molecule has 1 unspecified atom stereocenters. The van der Waals surface area contributed by atoms with Crippen LogP contribution in [0.15, 0.2) is 12.1 Å². The number of hydrogen-bond donors (Lipinski definition) is 1. The van der Waals surface area contributed by atoms with Crippen molar-refractivity contribution >= 4 is 11.0 Å². The number of nitrogens with zero attached hydrogens (tertiary/aromatic N) is 2. The van der Waals surface area contributed by atoms with Crippen LogP contribution in [0.3, 0.4) is 0 Å². The molecule has 118 valence electrons. The Morgan fingerprint density at radius 3 is 2.68 bits per heavy atom. The summed E-state index contributed by atoms with van der Waals surface area (Å²) in [4.78, 5) is 4.98. The van der Waals surface area contributed by atoms with Crippen molar-refractivity contribution in [3.8, 4) is 0 Å². The van der Waals surface area contributed by atoms with Crippen LogP contribution in [0.2, 0.25) is 0 Å². The van der Waals surface area contributed by atoms with Gasteiger partial charge in [-0.2, -0.15) is 0 Å². The molecule has 2 aromatic rings. The Morgan fingerprint density at radius 1 is 1.14 bits per heavy atom. The second kappa shape index (κ2) is 5.69. The molecule has 1 saturated carbocycles. The second-order valence-corrected chi connectivity index (χ2v) is 7.26. The molecule has 0 amide bonds. The molecule has 0 spiro atoms. The molecule has 1 aromatic heterocycles. The molecule has 1 atom stereocenters. The third kappa shape index (κ3) is 2.67. The van der Waals surface area contributed by atoms with Gasteiger partial charge in [0.2, 0.25) is 0 Å². The zero-order valence-corrected chi connectivity index (χ0v) is 13.9. The minimum Gasteiger partial charge on any atom is -0.328 e. The molecule has 0 bridgehead atoms. The van der Waals surface area contributed by atoms with Crippen molar-refractivity contribution in [2.45, 2.75) is 70.9 Å². The van der Waals surface area contributed by atoms with Gasteiger partial charge in [0.05, 0.1) is 11.0 Å². The summed E-state index contributed by atoms with van der Waals surface area (Å²) in [6.07, 6.45) is 7.94. The minimum absolute atomic E-state index is 0.699. The first-order chi connectivity index (χ1) is 10.7. The SMILES string of the molecule is Cc1cc2nc(C3CC3)n(CCC3CCCCN3)c2cc1C. The van der Waals surface area contributed by atoms with Crippen molar-refractivity contribution < 1.29 is 0 Å². The molecule has 1 aliphatic carbocycles. The summed E-state index contributed by atoms with van der Waals surface area (Å²) in [6, 6.07) is 5.31. The lowest BCUT2D eigenvalue weighted by Gasteiger charge is -2.24. The third-order valence-electron chi connectivity index (χ3n) is 5.45. The van der Waals surface area contributed by atoms with Crippen molar-refractivity contribution in [3.63, 3.8) is 0 Å². The molecule has 3 nitrogen and oxygen atoms in total. The maximum atomic E-state index is 4.98. The lowest BCUT2D eigenvalue weighted by molar-refractivity contribution is 0.366. The van der Waals surface area contributed by atoms with Crippen molar-refractivity contribution in [2.24, 2.45) is 0 Å². The number of aromatic nitrogens is 2. The van der Waals surface area contributed by atoms with Gasteiger partial charge in [0.25, 0.3) is 0 Å². The van der Waals surface area contributed by atoms with E-state index in [-0.39, 0.29) is 0 Å². The Hall–Kier alpha value is -1.35. The van der Waals surface area contributed by atoms with E-state index in [9.17, 15) is 0 Å². The minimum atomic E-state index is 0.699. The summed E-state index contributed by atoms with van der Waals surface area (Å²) < 4.78 is 2.52. The Kier molecular flexibility index (Phi) is 3.69. The van der Waals surface area contributed by atoms with Crippen LogP contribution in [-0.4, -0.2) is 22.1 Å². The van der Waals surface area contributed by atoms with E-state index in [0.717, 1.165) is 6.54 Å². The first-order valence-electron chi connectivity index (χ1n) is 8.93. The molecule has 2 fully saturated rings. The van der Waals surface area contributed by atoms with Crippen molar-refractivity contribution in [3.05, 3.63) is 29.1 Å². The third-order valence-corrected chi connectivity index (χ3v) is 5.45. The number of imidazole rings is 1. The Labute approximate surface area is 133 Å². The highest BCUT2D eigenvalue weighted by Crippen LogP contribution is 2.41. The van der Waals surface area contributed by atoms with Crippen molar-refractivity contribution in [1.82, 2.24) is 14.9 Å². The highest BCUT2D eigenvalue weighted by molar-refractivity contribution is 5.78. The van der Waals surface area contributed by atoms with E-state index >= 15 is 0 Å². The summed E-state index contributed by atoms with van der Waals surface area (Å²) in [5, 5.41) is 3.68. The maximum absolute atomic E-state index is 4.98. The number of nitrogens with one attached hydrogen (secondary N) is 1. The lowest BCUT2D eigenvalue weighted by atomic mass is 10.0. The van der Waals surface area contributed by atoms with Gasteiger partial charge in [0.1, 0.15) is 5.82 Å². The van der Waals surface area contributed by atoms with Crippen LogP contribution in [0.5, 0.6) is 0 Å². The van der Waals surface area contributed by atoms with Gasteiger partial charge in [-0.3, -0.25) is 0 Å². The molecule has 2 aliphatic rings. The molecule has 3 heteroatoms. The maximum Gasteiger partial charge on any atom is 0.112 e. The normalized spacial score (nSPS) is 22.4. The molecular formula is C19H27N3. The first kappa shape index (κ1) is 14.3. The molecule has 2 heterocycles. The molecule has 1 N–H and O–H groups in total. The fraction of sp³-hybridized carbons (Fsp3) is 0.632. The number of benzene rings is 1. The van der Waals surface area contributed by atoms with Crippen molar-refractivity contribution in [2.75, 3.05) is 6.54 Å². The molecule has 1 saturated heterocycles. The monoisotopic (exact) mass is 297 g/mol. The average Bonchev–Trinajstić information content (AvgIpc) is 3.31. The molecule has 0 radical (unpaired) electrons. The highest BCUT2D eigenvalue weighted by atomic mass is 15.1. The Balaban J connectivity index is 1.64. The lowest BCUT2D eigenvalue weighted by Crippen LogP contribution is -2.34. The summed E-state index contributed by atoms with van der Waals surface area (Å²) >= 11 is 0. The standard InChI is InChI=1S/C19H27N3/c1-13-11-17-18(12-14(13)2)22(19(21-17)15-6-7-15)10-8-16-5-3-4-9-20-16/h11-12,15-16,20H,3-10H2,1-2H3. The number of fused-ring (bicyclic) bond motifs is 1. The molecule has 22 heavy (non-hydrogen) atoms.